The van der Waals surface area contributed by atoms with Crippen molar-refractivity contribution in [3.63, 3.8) is 0 Å². The minimum absolute atomic E-state index is 0.0552. The van der Waals surface area contributed by atoms with Gasteiger partial charge in [0.2, 0.25) is 0 Å². The molecule has 3 rings (SSSR count). The largest absolute Gasteiger partial charge is 0.534 e. The van der Waals surface area contributed by atoms with E-state index in [1.54, 1.807) is 6.07 Å². The van der Waals surface area contributed by atoms with Crippen molar-refractivity contribution in [3.05, 3.63) is 28.8 Å². The van der Waals surface area contributed by atoms with Gasteiger partial charge in [-0.3, -0.25) is 0 Å². The molecule has 1 fully saturated rings. The first kappa shape index (κ1) is 21.5. The Morgan fingerprint density at radius 1 is 1.14 bits per heavy atom. The molecule has 0 radical (unpaired) electrons. The van der Waals surface area contributed by atoms with E-state index >= 15 is 0 Å². The highest BCUT2D eigenvalue weighted by Crippen LogP contribution is 2.58. The Labute approximate surface area is 165 Å². The van der Waals surface area contributed by atoms with Crippen molar-refractivity contribution in [2.24, 2.45) is 11.3 Å². The zero-order valence-corrected chi connectivity index (χ0v) is 17.9. The normalized spacial score (nSPS) is 27.2. The Balaban J connectivity index is 2.14. The zero-order chi connectivity index (χ0) is 21.1. The molecule has 0 unspecified atom stereocenters. The molecule has 158 valence electrons. The predicted octanol–water partition coefficient (Wildman–Crippen LogP) is 6.07. The topological polar surface area (TPSA) is 43.4 Å². The van der Waals surface area contributed by atoms with Crippen molar-refractivity contribution in [1.29, 1.82) is 0 Å². The Bertz CT molecular complexity index is 872. The lowest BCUT2D eigenvalue weighted by Crippen LogP contribution is -2.48. The molecule has 3 nitrogen and oxygen atoms in total. The number of alkyl halides is 3. The van der Waals surface area contributed by atoms with Crippen LogP contribution in [0.3, 0.4) is 0 Å². The van der Waals surface area contributed by atoms with Crippen molar-refractivity contribution in [2.75, 3.05) is 0 Å². The summed E-state index contributed by atoms with van der Waals surface area (Å²) in [6.45, 7) is 10.6. The van der Waals surface area contributed by atoms with Gasteiger partial charge in [-0.25, -0.2) is 0 Å². The van der Waals surface area contributed by atoms with Crippen LogP contribution in [0.4, 0.5) is 13.2 Å². The SMILES string of the molecule is CC(C)c1c(OS(=O)(=O)C(F)(F)F)ccc2c1CC[C@H]1C(C)(C)CCC[C@]21C. The predicted molar refractivity (Wildman–Crippen MR) is 103 cm³/mol. The highest BCUT2D eigenvalue weighted by atomic mass is 32.2. The molecule has 0 aromatic heterocycles. The molecule has 1 saturated carbocycles. The summed E-state index contributed by atoms with van der Waals surface area (Å²) >= 11 is 0. The molecule has 0 spiro atoms. The summed E-state index contributed by atoms with van der Waals surface area (Å²) in [5.74, 6) is 0.153. The smallest absolute Gasteiger partial charge is 0.376 e. The molecule has 0 amide bonds. The van der Waals surface area contributed by atoms with Crippen molar-refractivity contribution in [2.45, 2.75) is 83.6 Å². The molecular formula is C21H29F3O3S. The molecule has 28 heavy (non-hydrogen) atoms. The van der Waals surface area contributed by atoms with E-state index in [0.717, 1.165) is 36.8 Å². The van der Waals surface area contributed by atoms with Crippen LogP contribution in [-0.4, -0.2) is 13.9 Å². The number of benzene rings is 1. The highest BCUT2D eigenvalue weighted by Gasteiger charge is 2.51. The Morgan fingerprint density at radius 2 is 1.79 bits per heavy atom. The zero-order valence-electron chi connectivity index (χ0n) is 17.1. The van der Waals surface area contributed by atoms with E-state index in [-0.39, 0.29) is 22.5 Å². The third-order valence-corrected chi connectivity index (χ3v) is 7.87. The minimum atomic E-state index is -5.69. The lowest BCUT2D eigenvalue weighted by Gasteiger charge is -2.54. The molecule has 2 aliphatic carbocycles. The second-order valence-corrected chi connectivity index (χ2v) is 11.0. The maximum Gasteiger partial charge on any atom is 0.534 e. The van der Waals surface area contributed by atoms with Gasteiger partial charge in [-0.15, -0.1) is 0 Å². The Hall–Kier alpha value is -1.24. The van der Waals surface area contributed by atoms with Gasteiger partial charge >= 0.3 is 15.6 Å². The first-order chi connectivity index (χ1) is 12.7. The molecule has 2 aliphatic rings. The summed E-state index contributed by atoms with van der Waals surface area (Å²) in [5, 5.41) is 0. The van der Waals surface area contributed by atoms with Crippen LogP contribution in [0.1, 0.15) is 82.9 Å². The molecule has 7 heteroatoms. The minimum Gasteiger partial charge on any atom is -0.376 e. The Morgan fingerprint density at radius 3 is 2.36 bits per heavy atom. The summed E-state index contributed by atoms with van der Waals surface area (Å²) < 4.78 is 66.3. The average molecular weight is 419 g/mol. The van der Waals surface area contributed by atoms with E-state index in [1.807, 2.05) is 13.8 Å². The fourth-order valence-corrected chi connectivity index (χ4v) is 6.24. The van der Waals surface area contributed by atoms with Gasteiger partial charge in [0.15, 0.2) is 0 Å². The van der Waals surface area contributed by atoms with Crippen molar-refractivity contribution >= 4 is 10.1 Å². The van der Waals surface area contributed by atoms with Crippen LogP contribution in [0.5, 0.6) is 5.75 Å². The summed E-state index contributed by atoms with van der Waals surface area (Å²) in [4.78, 5) is 0. The van der Waals surface area contributed by atoms with E-state index in [1.165, 1.54) is 12.5 Å². The van der Waals surface area contributed by atoms with E-state index in [2.05, 4.69) is 25.0 Å². The maximum absolute atomic E-state index is 12.8. The number of halogens is 3. The van der Waals surface area contributed by atoms with Gasteiger partial charge in [0.1, 0.15) is 5.75 Å². The summed E-state index contributed by atoms with van der Waals surface area (Å²) in [6, 6.07) is 3.22. The molecule has 2 atom stereocenters. The standard InChI is InChI=1S/C21H29F3O3S/c1-13(2)18-14-7-10-17-19(3,4)11-6-12-20(17,5)15(14)8-9-16(18)27-28(25,26)21(22,23)24/h8-9,13,17H,6-7,10-12H2,1-5H3/t17-,20+/m0/s1. The van der Waals surface area contributed by atoms with Crippen LogP contribution >= 0.6 is 0 Å². The van der Waals surface area contributed by atoms with Gasteiger partial charge in [0.25, 0.3) is 0 Å². The van der Waals surface area contributed by atoms with E-state index in [4.69, 9.17) is 0 Å². The first-order valence-corrected chi connectivity index (χ1v) is 11.3. The molecular weight excluding hydrogens is 389 g/mol. The second-order valence-electron chi connectivity index (χ2n) is 9.49. The average Bonchev–Trinajstić information content (AvgIpc) is 2.51. The van der Waals surface area contributed by atoms with Crippen molar-refractivity contribution in [3.8, 4) is 5.75 Å². The fourth-order valence-electron chi connectivity index (χ4n) is 5.76. The molecule has 0 aliphatic heterocycles. The van der Waals surface area contributed by atoms with Crippen molar-refractivity contribution in [1.82, 2.24) is 0 Å². The lowest BCUT2D eigenvalue weighted by atomic mass is 9.50. The van der Waals surface area contributed by atoms with Gasteiger partial charge in [-0.1, -0.05) is 47.1 Å². The highest BCUT2D eigenvalue weighted by molar-refractivity contribution is 7.88. The summed E-state index contributed by atoms with van der Waals surface area (Å²) in [6.07, 6.45) is 5.00. The molecule has 1 aromatic carbocycles. The number of fused-ring (bicyclic) bond motifs is 3. The van der Waals surface area contributed by atoms with Gasteiger partial charge in [-0.05, 0) is 65.5 Å². The monoisotopic (exact) mass is 418 g/mol. The lowest BCUT2D eigenvalue weighted by molar-refractivity contribution is -0.0500. The number of hydrogen-bond acceptors (Lipinski definition) is 3. The van der Waals surface area contributed by atoms with Crippen molar-refractivity contribution < 1.29 is 25.8 Å². The van der Waals surface area contributed by atoms with Crippen LogP contribution in [0, 0.1) is 11.3 Å². The van der Waals surface area contributed by atoms with Crippen LogP contribution in [0.25, 0.3) is 0 Å². The van der Waals surface area contributed by atoms with Crippen LogP contribution < -0.4 is 4.18 Å². The maximum atomic E-state index is 12.8. The first-order valence-electron chi connectivity index (χ1n) is 9.88. The third kappa shape index (κ3) is 3.33. The van der Waals surface area contributed by atoms with Gasteiger partial charge in [0.05, 0.1) is 0 Å². The molecule has 0 N–H and O–H groups in total. The Kier molecular flexibility index (Phi) is 5.09. The fraction of sp³-hybridized carbons (Fsp3) is 0.714. The van der Waals surface area contributed by atoms with Crippen LogP contribution in [-0.2, 0) is 22.0 Å². The van der Waals surface area contributed by atoms with E-state index < -0.39 is 15.6 Å². The van der Waals surface area contributed by atoms with Crippen LogP contribution in [0.2, 0.25) is 0 Å². The van der Waals surface area contributed by atoms with Gasteiger partial charge in [-0.2, -0.15) is 21.6 Å². The number of hydrogen-bond donors (Lipinski definition) is 0. The van der Waals surface area contributed by atoms with E-state index in [0.29, 0.717) is 11.5 Å². The molecule has 0 saturated heterocycles. The third-order valence-electron chi connectivity index (χ3n) is 6.91. The summed E-state index contributed by atoms with van der Waals surface area (Å²) in [5.41, 5.74) is -2.58. The molecule has 0 bridgehead atoms. The molecule has 1 aromatic rings. The number of rotatable bonds is 3. The van der Waals surface area contributed by atoms with Crippen LogP contribution in [0.15, 0.2) is 12.1 Å². The molecule has 0 heterocycles. The quantitative estimate of drug-likeness (QED) is 0.442. The van der Waals surface area contributed by atoms with Gasteiger partial charge in [0, 0.05) is 5.56 Å². The van der Waals surface area contributed by atoms with Gasteiger partial charge < -0.3 is 4.18 Å². The van der Waals surface area contributed by atoms with E-state index in [9.17, 15) is 21.6 Å². The second kappa shape index (κ2) is 6.64. The summed E-state index contributed by atoms with van der Waals surface area (Å²) in [7, 11) is -5.69.